The number of aromatic amines is 1. The zero-order chi connectivity index (χ0) is 27.4. The van der Waals surface area contributed by atoms with Crippen molar-refractivity contribution >= 4 is 15.7 Å². The third-order valence-electron chi connectivity index (χ3n) is 6.93. The number of hydrogen-bond acceptors (Lipinski definition) is 9. The van der Waals surface area contributed by atoms with Crippen LogP contribution in [0.15, 0.2) is 58.2 Å². The summed E-state index contributed by atoms with van der Waals surface area (Å²) in [5.41, 5.74) is 0.640. The van der Waals surface area contributed by atoms with E-state index in [2.05, 4.69) is 20.3 Å². The molecule has 0 saturated heterocycles. The van der Waals surface area contributed by atoms with Gasteiger partial charge in [0.1, 0.15) is 5.75 Å². The van der Waals surface area contributed by atoms with Crippen molar-refractivity contribution < 1.29 is 23.4 Å². The fraction of sp³-hybridized carbons (Fsp3) is 0.385. The zero-order valence-electron chi connectivity index (χ0n) is 21.2. The van der Waals surface area contributed by atoms with E-state index in [4.69, 9.17) is 4.74 Å². The highest BCUT2D eigenvalue weighted by atomic mass is 32.2. The highest BCUT2D eigenvalue weighted by Crippen LogP contribution is 2.34. The first-order valence-electron chi connectivity index (χ1n) is 12.8. The lowest BCUT2D eigenvalue weighted by Crippen LogP contribution is -2.35. The molecule has 4 aromatic rings. The highest BCUT2D eigenvalue weighted by molar-refractivity contribution is 7.89. The second-order valence-electron chi connectivity index (χ2n) is 9.37. The van der Waals surface area contributed by atoms with Gasteiger partial charge in [-0.05, 0) is 43.0 Å². The molecule has 3 N–H and O–H groups in total. The van der Waals surface area contributed by atoms with Gasteiger partial charge in [0.15, 0.2) is 18.4 Å². The van der Waals surface area contributed by atoms with E-state index in [1.165, 1.54) is 27.0 Å². The molecule has 1 saturated carbocycles. The van der Waals surface area contributed by atoms with Crippen LogP contribution in [-0.2, 0) is 16.4 Å². The van der Waals surface area contributed by atoms with Crippen molar-refractivity contribution in [2.75, 3.05) is 26.5 Å². The molecular formula is C26H30N6O6S. The predicted molar refractivity (Wildman–Crippen MR) is 142 cm³/mol. The molecule has 0 aliphatic heterocycles. The molecule has 1 fully saturated rings. The number of benzene rings is 2. The lowest BCUT2D eigenvalue weighted by Gasteiger charge is -2.22. The van der Waals surface area contributed by atoms with Crippen LogP contribution in [0.4, 0.5) is 0 Å². The fourth-order valence-electron chi connectivity index (χ4n) is 4.94. The van der Waals surface area contributed by atoms with Gasteiger partial charge in [0, 0.05) is 19.0 Å². The Bertz CT molecular complexity index is 1600. The summed E-state index contributed by atoms with van der Waals surface area (Å²) >= 11 is 0. The average Bonchev–Trinajstić information content (AvgIpc) is 3.62. The van der Waals surface area contributed by atoms with Crippen molar-refractivity contribution in [3.8, 4) is 17.1 Å². The van der Waals surface area contributed by atoms with Crippen molar-refractivity contribution in [2.24, 2.45) is 0 Å². The number of sulfonamides is 1. The minimum atomic E-state index is -4.05. The lowest BCUT2D eigenvalue weighted by molar-refractivity contribution is 0.0990. The molecule has 0 radical (unpaired) electrons. The molecule has 206 valence electrons. The molecule has 0 unspecified atom stereocenters. The smallest absolute Gasteiger partial charge is 0.296 e. The number of aliphatic hydroxyl groups is 2. The van der Waals surface area contributed by atoms with Crippen molar-refractivity contribution in [2.45, 2.75) is 42.9 Å². The molecule has 0 atom stereocenters. The summed E-state index contributed by atoms with van der Waals surface area (Å²) in [5, 5.41) is 31.8. The van der Waals surface area contributed by atoms with E-state index < -0.39 is 22.4 Å². The molecular weight excluding hydrogens is 524 g/mol. The van der Waals surface area contributed by atoms with Crippen molar-refractivity contribution in [3.63, 3.8) is 0 Å². The second-order valence-corrected chi connectivity index (χ2v) is 11.3. The van der Waals surface area contributed by atoms with Crippen LogP contribution in [0.3, 0.4) is 0 Å². The fourth-order valence-corrected chi connectivity index (χ4v) is 6.40. The lowest BCUT2D eigenvalue weighted by atomic mass is 10.1. The number of nitrogens with zero attached hydrogens (tertiary/aromatic N) is 5. The maximum Gasteiger partial charge on any atom is 0.296 e. The Hall–Kier alpha value is -3.65. The molecule has 39 heavy (non-hydrogen) atoms. The number of rotatable bonds is 11. The normalized spacial score (nSPS) is 14.4. The monoisotopic (exact) mass is 554 g/mol. The SMILES string of the molecule is O=c1[nH]c(-c2cc(S(=O)(=O)N(CCO)CCc3ccccc3)ccc2OCO)nn2c(C3CCCC3)nnc12. The average molecular weight is 555 g/mol. The van der Waals surface area contributed by atoms with Crippen LogP contribution < -0.4 is 10.3 Å². The van der Waals surface area contributed by atoms with Gasteiger partial charge in [0.2, 0.25) is 15.7 Å². The Balaban J connectivity index is 1.55. The maximum atomic E-state index is 13.7. The number of hydrogen-bond donors (Lipinski definition) is 3. The van der Waals surface area contributed by atoms with Crippen LogP contribution >= 0.6 is 0 Å². The predicted octanol–water partition coefficient (Wildman–Crippen LogP) is 1.69. The third-order valence-corrected chi connectivity index (χ3v) is 8.82. The number of fused-ring (bicyclic) bond motifs is 1. The van der Waals surface area contributed by atoms with Crippen molar-refractivity contribution in [1.29, 1.82) is 0 Å². The number of nitrogens with one attached hydrogen (secondary N) is 1. The molecule has 0 amide bonds. The summed E-state index contributed by atoms with van der Waals surface area (Å²) in [7, 11) is -4.05. The van der Waals surface area contributed by atoms with E-state index in [0.29, 0.717) is 12.2 Å². The number of aliphatic hydroxyl groups excluding tert-OH is 2. The van der Waals surface area contributed by atoms with Gasteiger partial charge >= 0.3 is 0 Å². The standard InChI is InChI=1S/C26H30N6O6S/c33-15-14-31(13-12-18-6-2-1-3-7-18)39(36,37)20-10-11-22(38-17-34)21(16-20)23-27-26(35)25-29-28-24(32(25)30-23)19-8-4-5-9-19/h1-3,6-7,10-11,16,19,33-34H,4-5,8-9,12-15,17H2,(H,27,30,35). The molecule has 0 spiro atoms. The van der Waals surface area contributed by atoms with Gasteiger partial charge in [-0.2, -0.15) is 8.82 Å². The molecule has 13 heteroatoms. The van der Waals surface area contributed by atoms with Crippen LogP contribution in [-0.4, -0.2) is 74.2 Å². The summed E-state index contributed by atoms with van der Waals surface area (Å²) in [4.78, 5) is 15.5. The Kier molecular flexibility index (Phi) is 8.02. The van der Waals surface area contributed by atoms with Crippen LogP contribution in [0.1, 0.15) is 43.0 Å². The molecule has 12 nitrogen and oxygen atoms in total. The molecule has 2 heterocycles. The van der Waals surface area contributed by atoms with Crippen molar-refractivity contribution in [1.82, 2.24) is 29.1 Å². The minimum absolute atomic E-state index is 0.0454. The number of H-pyrrole nitrogens is 1. The van der Waals surface area contributed by atoms with Crippen LogP contribution in [0, 0.1) is 0 Å². The van der Waals surface area contributed by atoms with Gasteiger partial charge in [0.05, 0.1) is 17.1 Å². The second kappa shape index (κ2) is 11.6. The molecule has 2 aromatic carbocycles. The summed E-state index contributed by atoms with van der Waals surface area (Å²) < 4.78 is 35.3. The quantitative estimate of drug-likeness (QED) is 0.234. The number of aromatic nitrogens is 5. The topological polar surface area (TPSA) is 163 Å². The van der Waals surface area contributed by atoms with E-state index in [-0.39, 0.29) is 53.3 Å². The summed E-state index contributed by atoms with van der Waals surface area (Å²) in [5.74, 6) is 0.884. The number of ether oxygens (including phenoxy) is 1. The Morgan fingerprint density at radius 2 is 1.82 bits per heavy atom. The van der Waals surface area contributed by atoms with E-state index in [0.717, 1.165) is 31.2 Å². The van der Waals surface area contributed by atoms with Gasteiger partial charge in [-0.15, -0.1) is 15.3 Å². The van der Waals surface area contributed by atoms with Gasteiger partial charge in [0.25, 0.3) is 5.56 Å². The van der Waals surface area contributed by atoms with E-state index in [1.807, 2.05) is 30.3 Å². The van der Waals surface area contributed by atoms with Gasteiger partial charge in [-0.3, -0.25) is 4.79 Å². The van der Waals surface area contributed by atoms with Crippen molar-refractivity contribution in [3.05, 3.63) is 70.3 Å². The summed E-state index contributed by atoms with van der Waals surface area (Å²) in [6.45, 7) is -0.954. The summed E-state index contributed by atoms with van der Waals surface area (Å²) in [6, 6.07) is 13.6. The molecule has 2 aromatic heterocycles. The first-order chi connectivity index (χ1) is 18.9. The Labute approximate surface area is 225 Å². The molecule has 1 aliphatic carbocycles. The zero-order valence-corrected chi connectivity index (χ0v) is 22.0. The van der Waals surface area contributed by atoms with Crippen LogP contribution in [0.2, 0.25) is 0 Å². The minimum Gasteiger partial charge on any atom is -0.467 e. The Morgan fingerprint density at radius 3 is 2.54 bits per heavy atom. The molecule has 1 aliphatic rings. The van der Waals surface area contributed by atoms with Crippen LogP contribution in [0.25, 0.3) is 17.0 Å². The van der Waals surface area contributed by atoms with Gasteiger partial charge in [-0.25, -0.2) is 8.42 Å². The largest absolute Gasteiger partial charge is 0.467 e. The van der Waals surface area contributed by atoms with E-state index in [9.17, 15) is 23.4 Å². The van der Waals surface area contributed by atoms with E-state index >= 15 is 0 Å². The van der Waals surface area contributed by atoms with Gasteiger partial charge < -0.3 is 19.9 Å². The highest BCUT2D eigenvalue weighted by Gasteiger charge is 2.27. The van der Waals surface area contributed by atoms with Crippen LogP contribution in [0.5, 0.6) is 5.75 Å². The third kappa shape index (κ3) is 5.57. The first kappa shape index (κ1) is 26.9. The van der Waals surface area contributed by atoms with Gasteiger partial charge in [-0.1, -0.05) is 43.2 Å². The summed E-state index contributed by atoms with van der Waals surface area (Å²) in [6.07, 6.45) is 4.40. The molecule has 0 bridgehead atoms. The maximum absolute atomic E-state index is 13.7. The Morgan fingerprint density at radius 1 is 1.05 bits per heavy atom. The molecule has 5 rings (SSSR count). The first-order valence-corrected chi connectivity index (χ1v) is 14.2. The van der Waals surface area contributed by atoms with E-state index in [1.54, 1.807) is 0 Å².